The van der Waals surface area contributed by atoms with Gasteiger partial charge in [0.15, 0.2) is 11.5 Å². The van der Waals surface area contributed by atoms with Crippen LogP contribution in [0.3, 0.4) is 0 Å². The molecule has 1 fully saturated rings. The van der Waals surface area contributed by atoms with Gasteiger partial charge < -0.3 is 19.1 Å². The molecule has 3 aromatic rings. The summed E-state index contributed by atoms with van der Waals surface area (Å²) in [5.74, 6) is 1.45. The molecule has 1 aliphatic rings. The summed E-state index contributed by atoms with van der Waals surface area (Å²) in [5.41, 5.74) is 2.10. The molecule has 3 aromatic carbocycles. The smallest absolute Gasteiger partial charge is 0.161 e. The zero-order valence-corrected chi connectivity index (χ0v) is 17.4. The van der Waals surface area contributed by atoms with Gasteiger partial charge in [-0.1, -0.05) is 48.6 Å². The van der Waals surface area contributed by atoms with Crippen LogP contribution in [0.2, 0.25) is 0 Å². The van der Waals surface area contributed by atoms with E-state index >= 15 is 0 Å². The summed E-state index contributed by atoms with van der Waals surface area (Å²) in [6, 6.07) is 20.7. The molecule has 4 nitrogen and oxygen atoms in total. The summed E-state index contributed by atoms with van der Waals surface area (Å²) in [5, 5.41) is 2.44. The molecular weight excluding hydrogens is 382 g/mol. The number of morpholine rings is 1. The molecule has 4 rings (SSSR count). The van der Waals surface area contributed by atoms with Crippen LogP contribution in [0.4, 0.5) is 0 Å². The van der Waals surface area contributed by atoms with Crippen LogP contribution < -0.4 is 9.47 Å². The number of hydrogen-bond donors (Lipinski definition) is 0. The van der Waals surface area contributed by atoms with Crippen LogP contribution in [0.25, 0.3) is 10.8 Å². The quantitative estimate of drug-likeness (QED) is 0.547. The Morgan fingerprint density at radius 2 is 1.72 bits per heavy atom. The lowest BCUT2D eigenvalue weighted by Crippen LogP contribution is -2.40. The first-order chi connectivity index (χ1) is 14.2. The topological polar surface area (TPSA) is 30.9 Å². The summed E-state index contributed by atoms with van der Waals surface area (Å²) in [6.45, 7) is 6.10. The third-order valence-electron chi connectivity index (χ3n) is 5.00. The number of benzene rings is 3. The molecule has 29 heavy (non-hydrogen) atoms. The minimum Gasteiger partial charge on any atom is -0.490 e. The van der Waals surface area contributed by atoms with E-state index in [1.807, 2.05) is 25.1 Å². The number of rotatable bonds is 6. The predicted octanol–water partition coefficient (Wildman–Crippen LogP) is 4.83. The zero-order valence-electron chi connectivity index (χ0n) is 16.6. The maximum Gasteiger partial charge on any atom is 0.161 e. The lowest BCUT2D eigenvalue weighted by Gasteiger charge is -2.29. The van der Waals surface area contributed by atoms with E-state index in [1.165, 1.54) is 10.8 Å². The molecule has 0 radical (unpaired) electrons. The van der Waals surface area contributed by atoms with E-state index < -0.39 is 0 Å². The molecular formula is C24H25NO3S. The van der Waals surface area contributed by atoms with E-state index in [-0.39, 0.29) is 0 Å². The van der Waals surface area contributed by atoms with E-state index in [0.717, 1.165) is 40.7 Å². The Hall–Kier alpha value is -2.63. The number of ether oxygens (including phenoxy) is 3. The molecule has 0 amide bonds. The van der Waals surface area contributed by atoms with Crippen molar-refractivity contribution >= 4 is 28.0 Å². The first-order valence-corrected chi connectivity index (χ1v) is 10.4. The molecule has 150 valence electrons. The second-order valence-corrected chi connectivity index (χ2v) is 7.36. The summed E-state index contributed by atoms with van der Waals surface area (Å²) >= 11 is 5.69. The standard InChI is InChI=1S/C24H25NO3S/c1-2-27-23-16-21(24(29)25-11-13-26-14-12-25)9-10-22(23)28-17-18-7-8-19-5-3-4-6-20(19)15-18/h3-10,15-16H,2,11-14,17H2,1H3. The molecule has 0 spiro atoms. The average Bonchev–Trinajstić information content (AvgIpc) is 2.78. The third-order valence-corrected chi connectivity index (χ3v) is 5.49. The second kappa shape index (κ2) is 9.25. The van der Waals surface area contributed by atoms with Crippen molar-refractivity contribution in [1.82, 2.24) is 4.90 Å². The molecule has 0 aromatic heterocycles. The molecule has 1 saturated heterocycles. The van der Waals surface area contributed by atoms with E-state index in [1.54, 1.807) is 0 Å². The third kappa shape index (κ3) is 4.69. The Balaban J connectivity index is 1.50. The van der Waals surface area contributed by atoms with Crippen molar-refractivity contribution in [3.8, 4) is 11.5 Å². The van der Waals surface area contributed by atoms with Gasteiger partial charge in [-0.3, -0.25) is 0 Å². The molecule has 0 unspecified atom stereocenters. The SMILES string of the molecule is CCOc1cc(C(=S)N2CCOCC2)ccc1OCc1ccc2ccccc2c1. The highest BCUT2D eigenvalue weighted by atomic mass is 32.1. The Kier molecular flexibility index (Phi) is 6.27. The van der Waals surface area contributed by atoms with Gasteiger partial charge in [0.2, 0.25) is 0 Å². The lowest BCUT2D eigenvalue weighted by atomic mass is 10.1. The fraction of sp³-hybridized carbons (Fsp3) is 0.292. The van der Waals surface area contributed by atoms with Gasteiger partial charge in [-0.05, 0) is 47.5 Å². The van der Waals surface area contributed by atoms with E-state index in [9.17, 15) is 0 Å². The number of fused-ring (bicyclic) bond motifs is 1. The van der Waals surface area contributed by atoms with E-state index in [0.29, 0.717) is 26.4 Å². The maximum absolute atomic E-state index is 6.10. The minimum absolute atomic E-state index is 0.484. The van der Waals surface area contributed by atoms with Crippen molar-refractivity contribution in [2.45, 2.75) is 13.5 Å². The molecule has 0 atom stereocenters. The lowest BCUT2D eigenvalue weighted by molar-refractivity contribution is 0.0693. The summed E-state index contributed by atoms with van der Waals surface area (Å²) in [7, 11) is 0. The first kappa shape index (κ1) is 19.7. The van der Waals surface area contributed by atoms with Crippen LogP contribution in [0, 0.1) is 0 Å². The molecule has 0 N–H and O–H groups in total. The van der Waals surface area contributed by atoms with Gasteiger partial charge in [0.05, 0.1) is 19.8 Å². The fourth-order valence-electron chi connectivity index (χ4n) is 3.47. The summed E-state index contributed by atoms with van der Waals surface area (Å²) in [4.78, 5) is 3.01. The normalized spacial score (nSPS) is 14.0. The van der Waals surface area contributed by atoms with Crippen molar-refractivity contribution in [3.05, 3.63) is 71.8 Å². The Morgan fingerprint density at radius 1 is 0.931 bits per heavy atom. The van der Waals surface area contributed by atoms with Gasteiger partial charge in [-0.15, -0.1) is 0 Å². The second-order valence-electron chi connectivity index (χ2n) is 6.97. The van der Waals surface area contributed by atoms with Crippen LogP contribution in [-0.4, -0.2) is 42.8 Å². The van der Waals surface area contributed by atoms with Crippen LogP contribution in [0.5, 0.6) is 11.5 Å². The molecule has 0 bridgehead atoms. The minimum atomic E-state index is 0.484. The van der Waals surface area contributed by atoms with Gasteiger partial charge in [0.1, 0.15) is 11.6 Å². The van der Waals surface area contributed by atoms with Gasteiger partial charge in [-0.2, -0.15) is 0 Å². The van der Waals surface area contributed by atoms with Gasteiger partial charge in [-0.25, -0.2) is 0 Å². The van der Waals surface area contributed by atoms with Crippen molar-refractivity contribution < 1.29 is 14.2 Å². The number of nitrogens with zero attached hydrogens (tertiary/aromatic N) is 1. The molecule has 1 aliphatic heterocycles. The number of thiocarbonyl (C=S) groups is 1. The van der Waals surface area contributed by atoms with Crippen molar-refractivity contribution in [1.29, 1.82) is 0 Å². The van der Waals surface area contributed by atoms with Crippen LogP contribution in [0.15, 0.2) is 60.7 Å². The van der Waals surface area contributed by atoms with Crippen molar-refractivity contribution in [3.63, 3.8) is 0 Å². The van der Waals surface area contributed by atoms with Crippen molar-refractivity contribution in [2.75, 3.05) is 32.9 Å². The number of hydrogen-bond acceptors (Lipinski definition) is 4. The Morgan fingerprint density at radius 3 is 2.52 bits per heavy atom. The van der Waals surface area contributed by atoms with Crippen LogP contribution in [0.1, 0.15) is 18.1 Å². The van der Waals surface area contributed by atoms with Crippen LogP contribution in [-0.2, 0) is 11.3 Å². The summed E-state index contributed by atoms with van der Waals surface area (Å²) < 4.78 is 17.4. The summed E-state index contributed by atoms with van der Waals surface area (Å²) in [6.07, 6.45) is 0. The molecule has 0 saturated carbocycles. The van der Waals surface area contributed by atoms with Gasteiger partial charge >= 0.3 is 0 Å². The zero-order chi connectivity index (χ0) is 20.1. The highest BCUT2D eigenvalue weighted by Crippen LogP contribution is 2.30. The van der Waals surface area contributed by atoms with Gasteiger partial charge in [0, 0.05) is 18.7 Å². The highest BCUT2D eigenvalue weighted by Gasteiger charge is 2.17. The Bertz CT molecular complexity index is 998. The Labute approximate surface area is 177 Å². The maximum atomic E-state index is 6.10. The molecule has 0 aliphatic carbocycles. The molecule has 5 heteroatoms. The fourth-order valence-corrected chi connectivity index (χ4v) is 3.78. The van der Waals surface area contributed by atoms with E-state index in [4.69, 9.17) is 26.4 Å². The predicted molar refractivity (Wildman–Crippen MR) is 120 cm³/mol. The molecule has 1 heterocycles. The average molecular weight is 408 g/mol. The monoisotopic (exact) mass is 407 g/mol. The van der Waals surface area contributed by atoms with Gasteiger partial charge in [0.25, 0.3) is 0 Å². The largest absolute Gasteiger partial charge is 0.490 e. The first-order valence-electron chi connectivity index (χ1n) is 9.99. The van der Waals surface area contributed by atoms with Crippen LogP contribution >= 0.6 is 12.2 Å². The van der Waals surface area contributed by atoms with Crippen molar-refractivity contribution in [2.24, 2.45) is 0 Å². The highest BCUT2D eigenvalue weighted by molar-refractivity contribution is 7.80. The van der Waals surface area contributed by atoms with E-state index in [2.05, 4.69) is 47.4 Å².